The molecular weight excluding hydrogens is 338 g/mol. The lowest BCUT2D eigenvalue weighted by Crippen LogP contribution is -2.18. The summed E-state index contributed by atoms with van der Waals surface area (Å²) in [5.41, 5.74) is 8.18. The minimum Gasteiger partial charge on any atom is -0.384 e. The molecule has 104 valence electrons. The molecule has 0 heterocycles. The van der Waals surface area contributed by atoms with E-state index in [1.807, 2.05) is 31.3 Å². The third-order valence-electron chi connectivity index (χ3n) is 3.04. The fraction of sp³-hybridized carbons (Fsp3) is 0.133. The molecule has 0 radical (unpaired) electrons. The summed E-state index contributed by atoms with van der Waals surface area (Å²) in [6, 6.07) is 13.5. The summed E-state index contributed by atoms with van der Waals surface area (Å²) in [4.78, 5) is 2.06. The molecule has 0 atom stereocenters. The standard InChI is InChI=1S/C15H15BrClN3/c1-20(9-11-4-2-3-5-12(11)16)14-7-6-10(15(18)19)8-13(14)17/h2-8H,9H2,1H3,(H3,18,19). The quantitative estimate of drug-likeness (QED) is 0.645. The first-order chi connectivity index (χ1) is 9.49. The molecule has 3 N–H and O–H groups in total. The van der Waals surface area contributed by atoms with Gasteiger partial charge in [-0.15, -0.1) is 0 Å². The Kier molecular flexibility index (Phi) is 4.68. The molecule has 0 saturated heterocycles. The van der Waals surface area contributed by atoms with E-state index in [0.29, 0.717) is 10.6 Å². The molecule has 2 rings (SSSR count). The molecule has 0 aliphatic heterocycles. The number of nitrogens with zero attached hydrogens (tertiary/aromatic N) is 1. The predicted octanol–water partition coefficient (Wildman–Crippen LogP) is 4.02. The molecule has 0 saturated carbocycles. The van der Waals surface area contributed by atoms with Crippen LogP contribution in [0.5, 0.6) is 0 Å². The van der Waals surface area contributed by atoms with Gasteiger partial charge in [-0.3, -0.25) is 5.41 Å². The predicted molar refractivity (Wildman–Crippen MR) is 88.7 cm³/mol. The van der Waals surface area contributed by atoms with Crippen LogP contribution in [0.15, 0.2) is 46.9 Å². The van der Waals surface area contributed by atoms with Gasteiger partial charge in [-0.2, -0.15) is 0 Å². The molecule has 0 fully saturated rings. The fourth-order valence-electron chi connectivity index (χ4n) is 1.95. The maximum Gasteiger partial charge on any atom is 0.122 e. The van der Waals surface area contributed by atoms with Gasteiger partial charge in [0.2, 0.25) is 0 Å². The largest absolute Gasteiger partial charge is 0.384 e. The van der Waals surface area contributed by atoms with Crippen LogP contribution in [0.25, 0.3) is 0 Å². The molecule has 2 aromatic rings. The van der Waals surface area contributed by atoms with Crippen LogP contribution < -0.4 is 10.6 Å². The molecule has 0 bridgehead atoms. The van der Waals surface area contributed by atoms with Crippen LogP contribution in [0.4, 0.5) is 5.69 Å². The lowest BCUT2D eigenvalue weighted by molar-refractivity contribution is 0.918. The van der Waals surface area contributed by atoms with Crippen LogP contribution in [0.2, 0.25) is 5.02 Å². The molecule has 0 aliphatic rings. The molecule has 5 heteroatoms. The van der Waals surface area contributed by atoms with Crippen molar-refractivity contribution < 1.29 is 0 Å². The third kappa shape index (κ3) is 3.32. The number of hydrogen-bond donors (Lipinski definition) is 2. The van der Waals surface area contributed by atoms with Gasteiger partial charge in [0.15, 0.2) is 0 Å². The molecule has 2 aromatic carbocycles. The van der Waals surface area contributed by atoms with Crippen molar-refractivity contribution in [2.24, 2.45) is 5.73 Å². The topological polar surface area (TPSA) is 53.1 Å². The van der Waals surface area contributed by atoms with Crippen molar-refractivity contribution in [1.29, 1.82) is 5.41 Å². The Hall–Kier alpha value is -1.52. The Morgan fingerprint density at radius 3 is 2.60 bits per heavy atom. The maximum absolute atomic E-state index is 7.42. The number of halogens is 2. The summed E-state index contributed by atoms with van der Waals surface area (Å²) in [5, 5.41) is 8.01. The second-order valence-electron chi connectivity index (χ2n) is 4.53. The molecule has 20 heavy (non-hydrogen) atoms. The number of nitrogen functional groups attached to an aromatic ring is 1. The first kappa shape index (κ1) is 14.9. The van der Waals surface area contributed by atoms with Crippen molar-refractivity contribution in [3.8, 4) is 0 Å². The smallest absolute Gasteiger partial charge is 0.122 e. The molecule has 0 aliphatic carbocycles. The lowest BCUT2D eigenvalue weighted by Gasteiger charge is -2.21. The van der Waals surface area contributed by atoms with Crippen LogP contribution in [0.1, 0.15) is 11.1 Å². The zero-order chi connectivity index (χ0) is 14.7. The zero-order valence-electron chi connectivity index (χ0n) is 11.0. The molecule has 0 spiro atoms. The van der Waals surface area contributed by atoms with Gasteiger partial charge in [0.05, 0.1) is 10.7 Å². The average molecular weight is 353 g/mol. The van der Waals surface area contributed by atoms with Crippen LogP contribution in [-0.2, 0) is 6.54 Å². The van der Waals surface area contributed by atoms with E-state index in [0.717, 1.165) is 16.7 Å². The summed E-state index contributed by atoms with van der Waals surface area (Å²) >= 11 is 9.81. The van der Waals surface area contributed by atoms with Gasteiger partial charge < -0.3 is 10.6 Å². The minimum absolute atomic E-state index is 0.0203. The van der Waals surface area contributed by atoms with Gasteiger partial charge in [-0.1, -0.05) is 45.7 Å². The number of nitrogens with one attached hydrogen (secondary N) is 1. The summed E-state index contributed by atoms with van der Waals surface area (Å²) in [6.45, 7) is 0.737. The molecular formula is C15H15BrClN3. The van der Waals surface area contributed by atoms with Gasteiger partial charge in [0, 0.05) is 23.6 Å². The number of anilines is 1. The Bertz CT molecular complexity index is 643. The minimum atomic E-state index is 0.0203. The van der Waals surface area contributed by atoms with Gasteiger partial charge in [0.25, 0.3) is 0 Å². The lowest BCUT2D eigenvalue weighted by atomic mass is 10.1. The highest BCUT2D eigenvalue weighted by Gasteiger charge is 2.10. The highest BCUT2D eigenvalue weighted by molar-refractivity contribution is 9.10. The Morgan fingerprint density at radius 1 is 1.30 bits per heavy atom. The van der Waals surface area contributed by atoms with Crippen LogP contribution in [0, 0.1) is 5.41 Å². The van der Waals surface area contributed by atoms with Crippen molar-refractivity contribution >= 4 is 39.1 Å². The molecule has 0 unspecified atom stereocenters. The van der Waals surface area contributed by atoms with Gasteiger partial charge in [-0.05, 0) is 29.8 Å². The fourth-order valence-corrected chi connectivity index (χ4v) is 2.69. The van der Waals surface area contributed by atoms with Crippen molar-refractivity contribution in [2.75, 3.05) is 11.9 Å². The Balaban J connectivity index is 2.23. The van der Waals surface area contributed by atoms with E-state index in [1.165, 1.54) is 5.56 Å². The molecule has 0 aromatic heterocycles. The molecule has 0 amide bonds. The van der Waals surface area contributed by atoms with Crippen molar-refractivity contribution in [1.82, 2.24) is 0 Å². The van der Waals surface area contributed by atoms with Crippen LogP contribution >= 0.6 is 27.5 Å². The zero-order valence-corrected chi connectivity index (χ0v) is 13.4. The van der Waals surface area contributed by atoms with Crippen molar-refractivity contribution in [2.45, 2.75) is 6.54 Å². The van der Waals surface area contributed by atoms with Gasteiger partial charge in [0.1, 0.15) is 5.84 Å². The first-order valence-electron chi connectivity index (χ1n) is 6.07. The number of hydrogen-bond acceptors (Lipinski definition) is 2. The first-order valence-corrected chi connectivity index (χ1v) is 7.24. The third-order valence-corrected chi connectivity index (χ3v) is 4.11. The van der Waals surface area contributed by atoms with Crippen molar-refractivity contribution in [3.05, 3.63) is 63.1 Å². The van der Waals surface area contributed by atoms with E-state index in [4.69, 9.17) is 22.7 Å². The van der Waals surface area contributed by atoms with E-state index in [1.54, 1.807) is 12.1 Å². The van der Waals surface area contributed by atoms with Crippen LogP contribution in [-0.4, -0.2) is 12.9 Å². The Morgan fingerprint density at radius 2 is 2.00 bits per heavy atom. The van der Waals surface area contributed by atoms with Crippen molar-refractivity contribution in [3.63, 3.8) is 0 Å². The SMILES string of the molecule is CN(Cc1ccccc1Br)c1ccc(C(=N)N)cc1Cl. The Labute approximate surface area is 132 Å². The maximum atomic E-state index is 7.42. The van der Waals surface area contributed by atoms with Gasteiger partial charge >= 0.3 is 0 Å². The van der Waals surface area contributed by atoms with Crippen LogP contribution in [0.3, 0.4) is 0 Å². The summed E-state index contributed by atoms with van der Waals surface area (Å²) in [7, 11) is 1.98. The van der Waals surface area contributed by atoms with E-state index in [-0.39, 0.29) is 5.84 Å². The summed E-state index contributed by atoms with van der Waals surface area (Å²) in [5.74, 6) is 0.0203. The summed E-state index contributed by atoms with van der Waals surface area (Å²) in [6.07, 6.45) is 0. The second kappa shape index (κ2) is 6.29. The highest BCUT2D eigenvalue weighted by atomic mass is 79.9. The van der Waals surface area contributed by atoms with E-state index < -0.39 is 0 Å². The number of amidine groups is 1. The van der Waals surface area contributed by atoms with E-state index in [2.05, 4.69) is 26.9 Å². The number of benzene rings is 2. The van der Waals surface area contributed by atoms with E-state index in [9.17, 15) is 0 Å². The monoisotopic (exact) mass is 351 g/mol. The normalized spacial score (nSPS) is 10.3. The highest BCUT2D eigenvalue weighted by Crippen LogP contribution is 2.28. The van der Waals surface area contributed by atoms with E-state index >= 15 is 0 Å². The second-order valence-corrected chi connectivity index (χ2v) is 5.79. The number of rotatable bonds is 4. The molecule has 3 nitrogen and oxygen atoms in total. The van der Waals surface area contributed by atoms with Gasteiger partial charge in [-0.25, -0.2) is 0 Å². The summed E-state index contributed by atoms with van der Waals surface area (Å²) < 4.78 is 1.07. The number of nitrogens with two attached hydrogens (primary N) is 1. The average Bonchev–Trinajstić information content (AvgIpc) is 2.41.